The Hall–Kier alpha value is -2.27. The van der Waals surface area contributed by atoms with Crippen molar-refractivity contribution in [2.75, 3.05) is 6.54 Å². The zero-order valence-electron chi connectivity index (χ0n) is 12.5. The first-order valence-corrected chi connectivity index (χ1v) is 7.56. The van der Waals surface area contributed by atoms with Crippen LogP contribution in [0.1, 0.15) is 47.2 Å². The first kappa shape index (κ1) is 14.7. The third-order valence-electron chi connectivity index (χ3n) is 3.93. The summed E-state index contributed by atoms with van der Waals surface area (Å²) in [7, 11) is 0. The molecule has 0 amide bonds. The first-order valence-electron chi connectivity index (χ1n) is 7.56. The molecule has 0 spiro atoms. The number of piperidine rings is 1. The molecule has 5 heteroatoms. The average molecular weight is 297 g/mol. The van der Waals surface area contributed by atoms with Gasteiger partial charge in [0, 0.05) is 11.6 Å². The first-order chi connectivity index (χ1) is 10.6. The van der Waals surface area contributed by atoms with Crippen LogP contribution in [-0.4, -0.2) is 27.6 Å². The Bertz CT molecular complexity index is 694. The van der Waals surface area contributed by atoms with E-state index in [9.17, 15) is 4.79 Å². The lowest BCUT2D eigenvalue weighted by Gasteiger charge is -2.23. The molecule has 1 aromatic heterocycles. The molecule has 1 aromatic carbocycles. The number of hydrogen-bond acceptors (Lipinski definition) is 4. The monoisotopic (exact) mass is 297 g/mol. The highest BCUT2D eigenvalue weighted by Crippen LogP contribution is 2.25. The van der Waals surface area contributed by atoms with Crippen molar-refractivity contribution in [1.82, 2.24) is 15.3 Å². The van der Waals surface area contributed by atoms with Gasteiger partial charge >= 0.3 is 5.97 Å². The van der Waals surface area contributed by atoms with E-state index in [1.165, 1.54) is 12.8 Å². The van der Waals surface area contributed by atoms with Crippen LogP contribution < -0.4 is 5.32 Å². The van der Waals surface area contributed by atoms with E-state index >= 15 is 0 Å². The second kappa shape index (κ2) is 6.23. The Balaban J connectivity index is 1.98. The van der Waals surface area contributed by atoms with E-state index in [-0.39, 0.29) is 11.6 Å². The average Bonchev–Trinajstić information content (AvgIpc) is 2.55. The highest BCUT2D eigenvalue weighted by Gasteiger charge is 2.18. The van der Waals surface area contributed by atoms with E-state index < -0.39 is 5.97 Å². The third kappa shape index (κ3) is 3.14. The van der Waals surface area contributed by atoms with Crippen LogP contribution in [0.25, 0.3) is 11.3 Å². The van der Waals surface area contributed by atoms with E-state index in [4.69, 9.17) is 5.11 Å². The van der Waals surface area contributed by atoms with E-state index in [2.05, 4.69) is 15.3 Å². The lowest BCUT2D eigenvalue weighted by molar-refractivity contribution is 0.0697. The van der Waals surface area contributed by atoms with Gasteiger partial charge in [0.1, 0.15) is 5.82 Å². The number of benzene rings is 1. The quantitative estimate of drug-likeness (QED) is 0.911. The van der Waals surface area contributed by atoms with E-state index in [1.807, 2.05) is 19.1 Å². The molecule has 0 saturated carbocycles. The summed E-state index contributed by atoms with van der Waals surface area (Å²) in [6.45, 7) is 2.88. The van der Waals surface area contributed by atoms with Crippen molar-refractivity contribution in [1.29, 1.82) is 0 Å². The molecule has 2 aromatic rings. The molecule has 114 valence electrons. The fraction of sp³-hybridized carbons (Fsp3) is 0.353. The van der Waals surface area contributed by atoms with Gasteiger partial charge in [0.25, 0.3) is 0 Å². The van der Waals surface area contributed by atoms with Crippen LogP contribution in [0.5, 0.6) is 0 Å². The van der Waals surface area contributed by atoms with Gasteiger partial charge < -0.3 is 10.4 Å². The Kier molecular flexibility index (Phi) is 4.15. The topological polar surface area (TPSA) is 75.1 Å². The van der Waals surface area contributed by atoms with Crippen LogP contribution in [0.3, 0.4) is 0 Å². The minimum atomic E-state index is -0.929. The number of rotatable bonds is 3. The largest absolute Gasteiger partial charge is 0.478 e. The predicted molar refractivity (Wildman–Crippen MR) is 83.8 cm³/mol. The summed E-state index contributed by atoms with van der Waals surface area (Å²) < 4.78 is 0. The number of aromatic nitrogens is 2. The van der Waals surface area contributed by atoms with Crippen molar-refractivity contribution < 1.29 is 9.90 Å². The fourth-order valence-corrected chi connectivity index (χ4v) is 2.83. The van der Waals surface area contributed by atoms with Gasteiger partial charge in [-0.1, -0.05) is 18.6 Å². The van der Waals surface area contributed by atoms with Crippen LogP contribution in [-0.2, 0) is 0 Å². The molecule has 1 atom stereocenters. The summed E-state index contributed by atoms with van der Waals surface area (Å²) in [6.07, 6.45) is 3.48. The maximum atomic E-state index is 11.1. The Labute approximate surface area is 129 Å². The second-order valence-corrected chi connectivity index (χ2v) is 5.61. The summed E-state index contributed by atoms with van der Waals surface area (Å²) in [4.78, 5) is 20.1. The van der Waals surface area contributed by atoms with Gasteiger partial charge in [-0.2, -0.15) is 0 Å². The maximum absolute atomic E-state index is 11.1. The van der Waals surface area contributed by atoms with Crippen molar-refractivity contribution in [3.63, 3.8) is 0 Å². The van der Waals surface area contributed by atoms with Crippen LogP contribution >= 0.6 is 0 Å². The zero-order valence-corrected chi connectivity index (χ0v) is 12.5. The fourth-order valence-electron chi connectivity index (χ4n) is 2.83. The van der Waals surface area contributed by atoms with Gasteiger partial charge in [-0.25, -0.2) is 14.8 Å². The van der Waals surface area contributed by atoms with Crippen LogP contribution in [0, 0.1) is 6.92 Å². The summed E-state index contributed by atoms with van der Waals surface area (Å²) in [5.41, 5.74) is 2.84. The minimum absolute atomic E-state index is 0.261. The molecule has 0 bridgehead atoms. The second-order valence-electron chi connectivity index (χ2n) is 5.61. The van der Waals surface area contributed by atoms with Gasteiger partial charge in [-0.15, -0.1) is 0 Å². The Morgan fingerprint density at radius 1 is 1.27 bits per heavy atom. The molecule has 22 heavy (non-hydrogen) atoms. The van der Waals surface area contributed by atoms with Gasteiger partial charge in [0.2, 0.25) is 0 Å². The summed E-state index contributed by atoms with van der Waals surface area (Å²) >= 11 is 0. The molecule has 2 heterocycles. The smallest absolute Gasteiger partial charge is 0.335 e. The number of carboxylic acids is 1. The van der Waals surface area contributed by atoms with Crippen LogP contribution in [0.2, 0.25) is 0 Å². The molecule has 1 fully saturated rings. The third-order valence-corrected chi connectivity index (χ3v) is 3.93. The number of aryl methyl sites for hydroxylation is 1. The molecule has 0 aliphatic carbocycles. The summed E-state index contributed by atoms with van der Waals surface area (Å²) in [6, 6.07) is 9.10. The molecule has 5 nitrogen and oxygen atoms in total. The van der Waals surface area contributed by atoms with Crippen molar-refractivity contribution in [3.05, 3.63) is 47.4 Å². The highest BCUT2D eigenvalue weighted by atomic mass is 16.4. The summed E-state index contributed by atoms with van der Waals surface area (Å²) in [5.74, 6) is -0.220. The molecular weight excluding hydrogens is 278 g/mol. The van der Waals surface area contributed by atoms with Gasteiger partial charge in [-0.3, -0.25) is 0 Å². The molecule has 1 aliphatic heterocycles. The number of nitrogens with zero attached hydrogens (tertiary/aromatic N) is 2. The Morgan fingerprint density at radius 2 is 2.14 bits per heavy atom. The molecule has 1 unspecified atom stereocenters. The van der Waals surface area contributed by atoms with Gasteiger partial charge in [0.05, 0.1) is 17.0 Å². The Morgan fingerprint density at radius 3 is 2.86 bits per heavy atom. The van der Waals surface area contributed by atoms with Crippen LogP contribution in [0.4, 0.5) is 0 Å². The number of carbonyl (C=O) groups is 1. The SMILES string of the molecule is Cc1nc(-c2cccc(C(=O)O)c2)cc(C2CCCCN2)n1. The van der Waals surface area contributed by atoms with Crippen LogP contribution in [0.15, 0.2) is 30.3 Å². The molecule has 3 rings (SSSR count). The number of hydrogen-bond donors (Lipinski definition) is 2. The zero-order chi connectivity index (χ0) is 15.5. The van der Waals surface area contributed by atoms with Crippen molar-refractivity contribution in [3.8, 4) is 11.3 Å². The lowest BCUT2D eigenvalue weighted by atomic mass is 10.00. The lowest BCUT2D eigenvalue weighted by Crippen LogP contribution is -2.27. The number of aromatic carboxylic acids is 1. The van der Waals surface area contributed by atoms with Crippen molar-refractivity contribution >= 4 is 5.97 Å². The molecule has 1 saturated heterocycles. The van der Waals surface area contributed by atoms with Gasteiger partial charge in [-0.05, 0) is 44.5 Å². The highest BCUT2D eigenvalue weighted by molar-refractivity contribution is 5.89. The molecular formula is C17H19N3O2. The molecule has 1 aliphatic rings. The number of nitrogens with one attached hydrogen (secondary N) is 1. The predicted octanol–water partition coefficient (Wildman–Crippen LogP) is 2.96. The maximum Gasteiger partial charge on any atom is 0.335 e. The summed E-state index contributed by atoms with van der Waals surface area (Å²) in [5, 5.41) is 12.6. The standard InChI is InChI=1S/C17H19N3O2/c1-11-19-15(12-5-4-6-13(9-12)17(21)22)10-16(20-11)14-7-2-3-8-18-14/h4-6,9-10,14,18H,2-3,7-8H2,1H3,(H,21,22). The number of carboxylic acid groups (broad SMARTS) is 1. The van der Waals surface area contributed by atoms with E-state index in [0.29, 0.717) is 5.82 Å². The molecule has 2 N–H and O–H groups in total. The van der Waals surface area contributed by atoms with Crippen molar-refractivity contribution in [2.45, 2.75) is 32.2 Å². The normalized spacial score (nSPS) is 18.1. The minimum Gasteiger partial charge on any atom is -0.478 e. The van der Waals surface area contributed by atoms with Gasteiger partial charge in [0.15, 0.2) is 0 Å². The van der Waals surface area contributed by atoms with Crippen molar-refractivity contribution in [2.24, 2.45) is 0 Å². The molecule has 0 radical (unpaired) electrons. The van der Waals surface area contributed by atoms with E-state index in [0.717, 1.165) is 29.9 Å². The van der Waals surface area contributed by atoms with E-state index in [1.54, 1.807) is 18.2 Å².